The van der Waals surface area contributed by atoms with Gasteiger partial charge >= 0.3 is 0 Å². The molecule has 3 aromatic carbocycles. The molecule has 0 unspecified atom stereocenters. The van der Waals surface area contributed by atoms with Gasteiger partial charge in [-0.15, -0.1) is 0 Å². The highest BCUT2D eigenvalue weighted by Gasteiger charge is 2.35. The number of amides is 2. The molecule has 1 aromatic heterocycles. The van der Waals surface area contributed by atoms with E-state index in [0.29, 0.717) is 67.7 Å². The van der Waals surface area contributed by atoms with Crippen molar-refractivity contribution in [3.63, 3.8) is 0 Å². The zero-order valence-electron chi connectivity index (χ0n) is 24.7. The standard InChI is InChI=1S/C35H33ClFN5O3/c36-28-4-1-2-5-31(28)39-14-16-40(17-15-39)35(45)25-10-13-32(29(19-25)38-34(44)24-8-11-27(37)12-9-24)41-20-23-18-26(22-41)30-6-3-7-33(43)42(30)21-23/h1-13,19,23,26H,14-18,20-22H2,(H,38,44)/t23-,26+/m1/s1. The second-order valence-corrected chi connectivity index (χ2v) is 12.4. The maximum absolute atomic E-state index is 13.8. The maximum atomic E-state index is 13.8. The molecule has 1 N–H and O–H groups in total. The maximum Gasteiger partial charge on any atom is 0.255 e. The van der Waals surface area contributed by atoms with E-state index >= 15 is 0 Å². The molecule has 45 heavy (non-hydrogen) atoms. The van der Waals surface area contributed by atoms with E-state index in [2.05, 4.69) is 15.1 Å². The van der Waals surface area contributed by atoms with Gasteiger partial charge in [-0.05, 0) is 73.0 Å². The lowest BCUT2D eigenvalue weighted by molar-refractivity contribution is 0.0746. The Morgan fingerprint density at radius 1 is 0.778 bits per heavy atom. The Morgan fingerprint density at radius 3 is 2.31 bits per heavy atom. The molecule has 0 spiro atoms. The zero-order valence-corrected chi connectivity index (χ0v) is 25.4. The number of fused-ring (bicyclic) bond motifs is 4. The quantitative estimate of drug-likeness (QED) is 0.318. The predicted octanol–water partition coefficient (Wildman–Crippen LogP) is 5.48. The fourth-order valence-corrected chi connectivity index (χ4v) is 7.23. The summed E-state index contributed by atoms with van der Waals surface area (Å²) in [5.74, 6) is -0.478. The molecule has 4 aromatic rings. The van der Waals surface area contributed by atoms with Crippen LogP contribution in [0.3, 0.4) is 0 Å². The monoisotopic (exact) mass is 625 g/mol. The van der Waals surface area contributed by atoms with E-state index in [1.807, 2.05) is 58.0 Å². The average Bonchev–Trinajstić information content (AvgIpc) is 3.05. The number of piperazine rings is 1. The molecule has 3 aliphatic heterocycles. The van der Waals surface area contributed by atoms with E-state index in [0.717, 1.165) is 23.5 Å². The van der Waals surface area contributed by atoms with Gasteiger partial charge < -0.3 is 24.6 Å². The van der Waals surface area contributed by atoms with Crippen molar-refractivity contribution in [2.24, 2.45) is 5.92 Å². The second-order valence-electron chi connectivity index (χ2n) is 12.0. The van der Waals surface area contributed by atoms with Gasteiger partial charge in [0, 0.05) is 74.6 Å². The van der Waals surface area contributed by atoms with Gasteiger partial charge in [0.2, 0.25) is 0 Å². The molecule has 2 amide bonds. The number of nitrogens with zero attached hydrogens (tertiary/aromatic N) is 4. The van der Waals surface area contributed by atoms with Crippen molar-refractivity contribution >= 4 is 40.5 Å². The summed E-state index contributed by atoms with van der Waals surface area (Å²) in [7, 11) is 0. The van der Waals surface area contributed by atoms with Crippen molar-refractivity contribution in [3.05, 3.63) is 123 Å². The van der Waals surface area contributed by atoms with Crippen molar-refractivity contribution in [1.82, 2.24) is 9.47 Å². The molecule has 0 aliphatic carbocycles. The summed E-state index contributed by atoms with van der Waals surface area (Å²) in [5.41, 5.74) is 4.15. The van der Waals surface area contributed by atoms with Crippen LogP contribution in [-0.4, -0.2) is 60.5 Å². The molecule has 2 bridgehead atoms. The van der Waals surface area contributed by atoms with Crippen LogP contribution in [-0.2, 0) is 6.54 Å². The van der Waals surface area contributed by atoms with Crippen molar-refractivity contribution in [2.75, 3.05) is 54.4 Å². The van der Waals surface area contributed by atoms with Crippen LogP contribution in [0.5, 0.6) is 0 Å². The minimum atomic E-state index is -0.422. The van der Waals surface area contributed by atoms with Gasteiger partial charge in [-0.25, -0.2) is 4.39 Å². The molecule has 0 saturated carbocycles. The van der Waals surface area contributed by atoms with E-state index in [1.54, 1.807) is 12.1 Å². The summed E-state index contributed by atoms with van der Waals surface area (Å²) in [4.78, 5) is 45.9. The first-order valence-corrected chi connectivity index (χ1v) is 15.7. The highest BCUT2D eigenvalue weighted by molar-refractivity contribution is 6.33. The number of nitrogens with one attached hydrogen (secondary N) is 1. The van der Waals surface area contributed by atoms with Crippen LogP contribution in [0, 0.1) is 11.7 Å². The topological polar surface area (TPSA) is 77.9 Å². The summed E-state index contributed by atoms with van der Waals surface area (Å²) >= 11 is 6.41. The Labute approximate surface area is 265 Å². The first kappa shape index (κ1) is 29.1. The molecule has 0 radical (unpaired) electrons. The number of pyridine rings is 1. The Balaban J connectivity index is 1.15. The first-order chi connectivity index (χ1) is 21.8. The number of halogens is 2. The third-order valence-electron chi connectivity index (χ3n) is 9.18. The van der Waals surface area contributed by atoms with Gasteiger partial charge in [-0.3, -0.25) is 14.4 Å². The largest absolute Gasteiger partial charge is 0.369 e. The molecular formula is C35H33ClFN5O3. The fourth-order valence-electron chi connectivity index (χ4n) is 6.98. The Morgan fingerprint density at radius 2 is 1.53 bits per heavy atom. The SMILES string of the molecule is O=C(Nc1cc(C(=O)N2CCN(c3ccccc3Cl)CC2)ccc1N1C[C@H]2C[C@@H](C1)c1cccc(=O)n1C2)c1ccc(F)cc1. The minimum Gasteiger partial charge on any atom is -0.369 e. The third kappa shape index (κ3) is 5.80. The van der Waals surface area contributed by atoms with Crippen molar-refractivity contribution in [1.29, 1.82) is 0 Å². The third-order valence-corrected chi connectivity index (χ3v) is 9.50. The lowest BCUT2D eigenvalue weighted by Gasteiger charge is -2.44. The summed E-state index contributed by atoms with van der Waals surface area (Å²) in [6.45, 7) is 4.43. The average molecular weight is 626 g/mol. The lowest BCUT2D eigenvalue weighted by Crippen LogP contribution is -2.49. The molecular weight excluding hydrogens is 593 g/mol. The Hall–Kier alpha value is -4.63. The highest BCUT2D eigenvalue weighted by atomic mass is 35.5. The lowest BCUT2D eigenvalue weighted by atomic mass is 9.83. The molecule has 4 heterocycles. The predicted molar refractivity (Wildman–Crippen MR) is 174 cm³/mol. The van der Waals surface area contributed by atoms with E-state index in [1.165, 1.54) is 24.3 Å². The van der Waals surface area contributed by atoms with E-state index in [9.17, 15) is 18.8 Å². The number of aromatic nitrogens is 1. The molecule has 3 aliphatic rings. The number of hydrogen-bond donors (Lipinski definition) is 1. The van der Waals surface area contributed by atoms with Crippen molar-refractivity contribution in [2.45, 2.75) is 18.9 Å². The molecule has 230 valence electrons. The van der Waals surface area contributed by atoms with Crippen LogP contribution < -0.4 is 20.7 Å². The number of anilines is 3. The molecule has 2 saturated heterocycles. The van der Waals surface area contributed by atoms with Crippen molar-refractivity contribution < 1.29 is 14.0 Å². The number of hydrogen-bond acceptors (Lipinski definition) is 5. The van der Waals surface area contributed by atoms with Crippen LogP contribution >= 0.6 is 11.6 Å². The van der Waals surface area contributed by atoms with Crippen LogP contribution in [0.15, 0.2) is 89.7 Å². The van der Waals surface area contributed by atoms with Gasteiger partial charge in [-0.2, -0.15) is 0 Å². The Kier molecular flexibility index (Phi) is 7.79. The number of piperidine rings is 1. The van der Waals surface area contributed by atoms with Crippen LogP contribution in [0.2, 0.25) is 5.02 Å². The number of rotatable bonds is 5. The van der Waals surface area contributed by atoms with Gasteiger partial charge in [0.1, 0.15) is 5.82 Å². The van der Waals surface area contributed by atoms with Crippen LogP contribution in [0.1, 0.15) is 38.7 Å². The fraction of sp³-hybridized carbons (Fsp3) is 0.286. The summed E-state index contributed by atoms with van der Waals surface area (Å²) in [6.07, 6.45) is 0.994. The summed E-state index contributed by atoms with van der Waals surface area (Å²) in [5, 5.41) is 3.71. The molecule has 2 fully saturated rings. The van der Waals surface area contributed by atoms with Crippen molar-refractivity contribution in [3.8, 4) is 0 Å². The summed E-state index contributed by atoms with van der Waals surface area (Å²) < 4.78 is 15.5. The zero-order chi connectivity index (χ0) is 31.1. The molecule has 2 atom stereocenters. The van der Waals surface area contributed by atoms with E-state index < -0.39 is 5.82 Å². The normalized spacial score (nSPS) is 19.2. The second kappa shape index (κ2) is 12.0. The first-order valence-electron chi connectivity index (χ1n) is 15.3. The van der Waals surface area contributed by atoms with E-state index in [-0.39, 0.29) is 29.2 Å². The number of carbonyl (C=O) groups is 2. The highest BCUT2D eigenvalue weighted by Crippen LogP contribution is 2.39. The van der Waals surface area contributed by atoms with Gasteiger partial charge in [-0.1, -0.05) is 29.8 Å². The molecule has 7 rings (SSSR count). The molecule has 8 nitrogen and oxygen atoms in total. The summed E-state index contributed by atoms with van der Waals surface area (Å²) in [6, 6.07) is 24.0. The van der Waals surface area contributed by atoms with Crippen LogP contribution in [0.4, 0.5) is 21.5 Å². The number of carbonyl (C=O) groups excluding carboxylic acids is 2. The van der Waals surface area contributed by atoms with Crippen LogP contribution in [0.25, 0.3) is 0 Å². The molecule has 10 heteroatoms. The smallest absolute Gasteiger partial charge is 0.255 e. The van der Waals surface area contributed by atoms with Gasteiger partial charge in [0.15, 0.2) is 0 Å². The van der Waals surface area contributed by atoms with E-state index in [4.69, 9.17) is 11.6 Å². The Bertz CT molecular complexity index is 1820. The number of para-hydroxylation sites is 1. The number of benzene rings is 3. The van der Waals surface area contributed by atoms with Gasteiger partial charge in [0.05, 0.1) is 22.1 Å². The minimum absolute atomic E-state index is 0.0264. The van der Waals surface area contributed by atoms with Gasteiger partial charge in [0.25, 0.3) is 17.4 Å².